The normalized spacial score (nSPS) is 14.3. The van der Waals surface area contributed by atoms with Crippen molar-refractivity contribution in [2.75, 3.05) is 0 Å². The van der Waals surface area contributed by atoms with Crippen LogP contribution in [0.25, 0.3) is 0 Å². The minimum Gasteiger partial charge on any atom is -0.385 e. The summed E-state index contributed by atoms with van der Waals surface area (Å²) >= 11 is 0. The van der Waals surface area contributed by atoms with Crippen molar-refractivity contribution >= 4 is 18.0 Å². The number of amidine groups is 1. The molecule has 3 rings (SSSR count). The van der Waals surface area contributed by atoms with Crippen molar-refractivity contribution < 1.29 is 0 Å². The molecule has 2 heterocycles. The number of hydrazone groups is 1. The van der Waals surface area contributed by atoms with Crippen LogP contribution in [0.15, 0.2) is 45.9 Å². The van der Waals surface area contributed by atoms with E-state index in [1.165, 1.54) is 16.6 Å². The molecule has 106 valence electrons. The smallest absolute Gasteiger partial charge is 0.266 e. The zero-order valence-corrected chi connectivity index (χ0v) is 11.4. The number of nitrogens with one attached hydrogen (secondary N) is 1. The molecule has 8 heteroatoms. The molecule has 1 aromatic heterocycles. The Hall–Kier alpha value is -3.03. The molecule has 1 aliphatic rings. The molecule has 1 aromatic carbocycles. The van der Waals surface area contributed by atoms with Gasteiger partial charge in [0, 0.05) is 0 Å². The van der Waals surface area contributed by atoms with Crippen molar-refractivity contribution in [2.45, 2.75) is 13.3 Å². The summed E-state index contributed by atoms with van der Waals surface area (Å²) in [5.74, 6) is 1.39. The third kappa shape index (κ3) is 2.94. The fourth-order valence-electron chi connectivity index (χ4n) is 1.90. The van der Waals surface area contributed by atoms with Crippen LogP contribution in [-0.4, -0.2) is 32.8 Å². The molecule has 0 bridgehead atoms. The highest BCUT2D eigenvalue weighted by Crippen LogP contribution is 2.02. The Morgan fingerprint density at radius 1 is 1.38 bits per heavy atom. The summed E-state index contributed by atoms with van der Waals surface area (Å²) in [7, 11) is 0. The molecule has 8 nitrogen and oxygen atoms in total. The van der Waals surface area contributed by atoms with Crippen LogP contribution in [-0.2, 0) is 6.42 Å². The number of hydrogen-bond acceptors (Lipinski definition) is 7. The molecule has 0 amide bonds. The van der Waals surface area contributed by atoms with E-state index in [1.807, 2.05) is 31.2 Å². The lowest BCUT2D eigenvalue weighted by Gasteiger charge is -2.04. The van der Waals surface area contributed by atoms with Gasteiger partial charge in [-0.25, -0.2) is 10.4 Å². The van der Waals surface area contributed by atoms with Crippen LogP contribution in [0.2, 0.25) is 0 Å². The lowest BCUT2D eigenvalue weighted by Crippen LogP contribution is -2.28. The Kier molecular flexibility index (Phi) is 3.42. The van der Waals surface area contributed by atoms with Gasteiger partial charge in [-0.3, -0.25) is 0 Å². The SMILES string of the molecule is Cc1cccc(/C=N\NC2=NN=C(N)Cc3ncnn32)c1. The van der Waals surface area contributed by atoms with Gasteiger partial charge in [0.15, 0.2) is 0 Å². The van der Waals surface area contributed by atoms with Crippen LogP contribution < -0.4 is 11.2 Å². The predicted octanol–water partition coefficient (Wildman–Crippen LogP) is 0.243. The average molecular weight is 282 g/mol. The highest BCUT2D eigenvalue weighted by molar-refractivity contribution is 5.89. The lowest BCUT2D eigenvalue weighted by atomic mass is 10.2. The van der Waals surface area contributed by atoms with E-state index in [4.69, 9.17) is 5.73 Å². The first-order chi connectivity index (χ1) is 10.2. The minimum absolute atomic E-state index is 0.354. The van der Waals surface area contributed by atoms with Crippen molar-refractivity contribution in [2.24, 2.45) is 21.0 Å². The van der Waals surface area contributed by atoms with Gasteiger partial charge in [0.25, 0.3) is 5.96 Å². The Balaban J connectivity index is 1.79. The van der Waals surface area contributed by atoms with Crippen molar-refractivity contribution in [1.29, 1.82) is 0 Å². The predicted molar refractivity (Wildman–Crippen MR) is 80.1 cm³/mol. The summed E-state index contributed by atoms with van der Waals surface area (Å²) < 4.78 is 1.52. The molecule has 0 aliphatic carbocycles. The summed E-state index contributed by atoms with van der Waals surface area (Å²) in [4.78, 5) is 4.11. The quantitative estimate of drug-likeness (QED) is 0.608. The highest BCUT2D eigenvalue weighted by atomic mass is 15.5. The molecule has 0 atom stereocenters. The molecule has 0 spiro atoms. The van der Waals surface area contributed by atoms with Gasteiger partial charge in [-0.15, -0.1) is 10.2 Å². The van der Waals surface area contributed by atoms with E-state index in [-0.39, 0.29) is 0 Å². The van der Waals surface area contributed by atoms with Crippen LogP contribution in [0.5, 0.6) is 0 Å². The van der Waals surface area contributed by atoms with Crippen molar-refractivity contribution in [3.8, 4) is 0 Å². The third-order valence-electron chi connectivity index (χ3n) is 2.85. The second-order valence-corrected chi connectivity index (χ2v) is 4.56. The van der Waals surface area contributed by atoms with E-state index in [9.17, 15) is 0 Å². The summed E-state index contributed by atoms with van der Waals surface area (Å²) in [5, 5.41) is 16.1. The number of aromatic nitrogens is 3. The van der Waals surface area contributed by atoms with Crippen molar-refractivity contribution in [3.63, 3.8) is 0 Å². The molecular formula is C13H14N8. The summed E-state index contributed by atoms with van der Waals surface area (Å²) in [5.41, 5.74) is 10.7. The van der Waals surface area contributed by atoms with E-state index < -0.39 is 0 Å². The van der Waals surface area contributed by atoms with E-state index in [1.54, 1.807) is 6.21 Å². The molecule has 3 N–H and O–H groups in total. The summed E-state index contributed by atoms with van der Waals surface area (Å²) in [6.45, 7) is 2.03. The maximum atomic E-state index is 5.70. The van der Waals surface area contributed by atoms with Crippen molar-refractivity contribution in [3.05, 3.63) is 47.5 Å². The number of nitrogens with zero attached hydrogens (tertiary/aromatic N) is 6. The number of fused-ring (bicyclic) bond motifs is 1. The molecule has 21 heavy (non-hydrogen) atoms. The van der Waals surface area contributed by atoms with Gasteiger partial charge in [0.1, 0.15) is 18.0 Å². The molecule has 0 radical (unpaired) electrons. The lowest BCUT2D eigenvalue weighted by molar-refractivity contribution is 0.815. The molecule has 0 fully saturated rings. The van der Waals surface area contributed by atoms with Gasteiger partial charge >= 0.3 is 0 Å². The molecule has 1 aliphatic heterocycles. The van der Waals surface area contributed by atoms with Gasteiger partial charge in [-0.05, 0) is 12.5 Å². The number of rotatable bonds is 2. The Bertz CT molecular complexity index is 740. The monoisotopic (exact) mass is 282 g/mol. The van der Waals surface area contributed by atoms with Gasteiger partial charge < -0.3 is 5.73 Å². The zero-order valence-electron chi connectivity index (χ0n) is 11.4. The van der Waals surface area contributed by atoms with Crippen LogP contribution in [0.3, 0.4) is 0 Å². The van der Waals surface area contributed by atoms with Crippen LogP contribution in [0.4, 0.5) is 0 Å². The summed E-state index contributed by atoms with van der Waals surface area (Å²) in [6, 6.07) is 7.99. The van der Waals surface area contributed by atoms with Gasteiger partial charge in [-0.2, -0.15) is 14.9 Å². The number of aryl methyl sites for hydroxylation is 1. The fourth-order valence-corrected chi connectivity index (χ4v) is 1.90. The topological polar surface area (TPSA) is 106 Å². The molecule has 0 saturated heterocycles. The van der Waals surface area contributed by atoms with Gasteiger partial charge in [0.2, 0.25) is 0 Å². The molecule has 0 saturated carbocycles. The van der Waals surface area contributed by atoms with Crippen LogP contribution in [0, 0.1) is 6.92 Å². The Morgan fingerprint density at radius 2 is 2.29 bits per heavy atom. The van der Waals surface area contributed by atoms with E-state index in [0.29, 0.717) is 24.0 Å². The van der Waals surface area contributed by atoms with E-state index in [0.717, 1.165) is 5.56 Å². The minimum atomic E-state index is 0.354. The first kappa shape index (κ1) is 13.0. The summed E-state index contributed by atoms with van der Waals surface area (Å²) in [6.07, 6.45) is 3.54. The standard InChI is InChI=1S/C13H14N8/c1-9-3-2-4-10(5-9)7-16-19-13-20-18-11(14)6-12-15-8-17-21(12)13/h2-5,7-8H,6H2,1H3,(H2,14,18)(H,19,20)/b16-7-. The van der Waals surface area contributed by atoms with Crippen LogP contribution in [0.1, 0.15) is 17.0 Å². The zero-order chi connectivity index (χ0) is 14.7. The second-order valence-electron chi connectivity index (χ2n) is 4.56. The van der Waals surface area contributed by atoms with E-state index >= 15 is 0 Å². The van der Waals surface area contributed by atoms with Gasteiger partial charge in [-0.1, -0.05) is 29.8 Å². The third-order valence-corrected chi connectivity index (χ3v) is 2.85. The number of hydrogen-bond donors (Lipinski definition) is 2. The average Bonchev–Trinajstić information content (AvgIpc) is 2.85. The Labute approximate surface area is 121 Å². The number of benzene rings is 1. The second kappa shape index (κ2) is 5.53. The molecule has 2 aromatic rings. The van der Waals surface area contributed by atoms with Crippen LogP contribution >= 0.6 is 0 Å². The Morgan fingerprint density at radius 3 is 3.14 bits per heavy atom. The fraction of sp³-hybridized carbons (Fsp3) is 0.154. The maximum Gasteiger partial charge on any atom is 0.266 e. The maximum absolute atomic E-state index is 5.70. The first-order valence-electron chi connectivity index (χ1n) is 6.37. The molecule has 0 unspecified atom stereocenters. The van der Waals surface area contributed by atoms with E-state index in [2.05, 4.69) is 30.8 Å². The highest BCUT2D eigenvalue weighted by Gasteiger charge is 2.14. The molecular weight excluding hydrogens is 268 g/mol. The number of nitrogens with two attached hydrogens (primary N) is 1. The van der Waals surface area contributed by atoms with Gasteiger partial charge in [0.05, 0.1) is 12.6 Å². The first-order valence-corrected chi connectivity index (χ1v) is 6.37. The largest absolute Gasteiger partial charge is 0.385 e. The van der Waals surface area contributed by atoms with Crippen molar-refractivity contribution in [1.82, 2.24) is 20.2 Å².